The van der Waals surface area contributed by atoms with Crippen LogP contribution in [0.3, 0.4) is 0 Å². The molecule has 4 heteroatoms. The van der Waals surface area contributed by atoms with E-state index in [1.165, 1.54) is 25.7 Å². The van der Waals surface area contributed by atoms with Crippen molar-refractivity contribution in [1.82, 2.24) is 9.55 Å². The molecule has 1 atom stereocenters. The van der Waals surface area contributed by atoms with Crippen molar-refractivity contribution in [3.8, 4) is 0 Å². The van der Waals surface area contributed by atoms with Gasteiger partial charge in [-0.1, -0.05) is 38.8 Å². The zero-order valence-corrected chi connectivity index (χ0v) is 14.0. The normalized spacial score (nSPS) is 12.7. The third-order valence-electron chi connectivity index (χ3n) is 4.30. The third kappa shape index (κ3) is 3.74. The number of benzene rings is 1. The summed E-state index contributed by atoms with van der Waals surface area (Å²) in [4.78, 5) is 17.2. The highest BCUT2D eigenvalue weighted by atomic mass is 16.1. The van der Waals surface area contributed by atoms with Gasteiger partial charge in [0.25, 0.3) is 5.56 Å². The van der Waals surface area contributed by atoms with Crippen LogP contribution in [0, 0.1) is 0 Å². The molecule has 0 aliphatic heterocycles. The quantitative estimate of drug-likeness (QED) is 0.762. The predicted octanol–water partition coefficient (Wildman–Crippen LogP) is 2.53. The summed E-state index contributed by atoms with van der Waals surface area (Å²) in [6.07, 6.45) is 6.06. The molecule has 0 aliphatic rings. The standard InChI is InChI=1S/C18H27N3O/c1-4-6-7-10-13-19-15(5-2)17-20-16-12-9-8-11-14(16)18(22)21(17)3/h8-9,11-12,15,19H,4-7,10,13H2,1-3H3/p+1/t15-/m0/s1. The van der Waals surface area contributed by atoms with Gasteiger partial charge in [-0.05, 0) is 25.0 Å². The van der Waals surface area contributed by atoms with Crippen LogP contribution >= 0.6 is 0 Å². The highest BCUT2D eigenvalue weighted by Gasteiger charge is 2.19. The minimum Gasteiger partial charge on any atom is -0.338 e. The lowest BCUT2D eigenvalue weighted by Crippen LogP contribution is -2.85. The van der Waals surface area contributed by atoms with E-state index in [1.807, 2.05) is 31.3 Å². The van der Waals surface area contributed by atoms with Gasteiger partial charge < -0.3 is 5.32 Å². The van der Waals surface area contributed by atoms with Crippen LogP contribution in [0.5, 0.6) is 0 Å². The maximum Gasteiger partial charge on any atom is 0.261 e. The van der Waals surface area contributed by atoms with E-state index >= 15 is 0 Å². The summed E-state index contributed by atoms with van der Waals surface area (Å²) in [5.41, 5.74) is 0.858. The van der Waals surface area contributed by atoms with E-state index in [-0.39, 0.29) is 11.6 Å². The van der Waals surface area contributed by atoms with E-state index in [2.05, 4.69) is 19.2 Å². The van der Waals surface area contributed by atoms with Gasteiger partial charge >= 0.3 is 0 Å². The average molecular weight is 302 g/mol. The second kappa shape index (κ2) is 8.08. The van der Waals surface area contributed by atoms with Crippen LogP contribution in [0.4, 0.5) is 0 Å². The number of aromatic nitrogens is 2. The number of nitrogens with zero attached hydrogens (tertiary/aromatic N) is 2. The van der Waals surface area contributed by atoms with Crippen LogP contribution in [0.15, 0.2) is 29.1 Å². The van der Waals surface area contributed by atoms with Gasteiger partial charge in [-0.2, -0.15) is 0 Å². The van der Waals surface area contributed by atoms with E-state index in [0.717, 1.165) is 24.3 Å². The molecule has 0 radical (unpaired) electrons. The van der Waals surface area contributed by atoms with Gasteiger partial charge in [0.1, 0.15) is 6.04 Å². The maximum atomic E-state index is 12.5. The Morgan fingerprint density at radius 1 is 1.18 bits per heavy atom. The molecule has 1 heterocycles. The monoisotopic (exact) mass is 302 g/mol. The average Bonchev–Trinajstić information content (AvgIpc) is 2.55. The van der Waals surface area contributed by atoms with Crippen LogP contribution in [-0.2, 0) is 7.05 Å². The van der Waals surface area contributed by atoms with Crippen molar-refractivity contribution in [2.45, 2.75) is 52.0 Å². The zero-order valence-electron chi connectivity index (χ0n) is 14.0. The zero-order chi connectivity index (χ0) is 15.9. The highest BCUT2D eigenvalue weighted by Crippen LogP contribution is 2.12. The first-order valence-electron chi connectivity index (χ1n) is 8.48. The molecular weight excluding hydrogens is 274 g/mol. The topological polar surface area (TPSA) is 51.5 Å². The minimum atomic E-state index is 0.0541. The first-order chi connectivity index (χ1) is 10.7. The molecule has 4 nitrogen and oxygen atoms in total. The fourth-order valence-electron chi connectivity index (χ4n) is 2.91. The third-order valence-corrected chi connectivity index (χ3v) is 4.30. The number of para-hydroxylation sites is 1. The molecule has 0 bridgehead atoms. The van der Waals surface area contributed by atoms with E-state index in [0.29, 0.717) is 5.39 Å². The lowest BCUT2D eigenvalue weighted by atomic mass is 10.1. The van der Waals surface area contributed by atoms with Gasteiger partial charge in [-0.15, -0.1) is 0 Å². The number of rotatable bonds is 8. The Hall–Kier alpha value is -1.68. The first kappa shape index (κ1) is 16.7. The molecule has 0 saturated heterocycles. The van der Waals surface area contributed by atoms with Gasteiger partial charge in [0.05, 0.1) is 17.4 Å². The van der Waals surface area contributed by atoms with Crippen LogP contribution in [-0.4, -0.2) is 16.1 Å². The van der Waals surface area contributed by atoms with E-state index < -0.39 is 0 Å². The summed E-state index contributed by atoms with van der Waals surface area (Å²) in [6.45, 7) is 5.49. The Bertz CT molecular complexity index is 663. The maximum absolute atomic E-state index is 12.5. The second-order valence-corrected chi connectivity index (χ2v) is 5.95. The largest absolute Gasteiger partial charge is 0.338 e. The Morgan fingerprint density at radius 3 is 2.68 bits per heavy atom. The Labute approximate surface area is 132 Å². The van der Waals surface area contributed by atoms with Crippen molar-refractivity contribution >= 4 is 10.9 Å². The molecule has 0 fully saturated rings. The van der Waals surface area contributed by atoms with Crippen molar-refractivity contribution in [3.63, 3.8) is 0 Å². The summed E-state index contributed by atoms with van der Waals surface area (Å²) < 4.78 is 1.72. The fraction of sp³-hybridized carbons (Fsp3) is 0.556. The predicted molar refractivity (Wildman–Crippen MR) is 91.0 cm³/mol. The molecule has 0 spiro atoms. The van der Waals surface area contributed by atoms with Gasteiger partial charge in [-0.25, -0.2) is 4.98 Å². The van der Waals surface area contributed by atoms with Crippen LogP contribution in [0.2, 0.25) is 0 Å². The molecule has 1 aromatic carbocycles. The highest BCUT2D eigenvalue weighted by molar-refractivity contribution is 5.77. The molecule has 0 unspecified atom stereocenters. The summed E-state index contributed by atoms with van der Waals surface area (Å²) in [5.74, 6) is 0.890. The summed E-state index contributed by atoms with van der Waals surface area (Å²) >= 11 is 0. The SMILES string of the molecule is CCCCCC[NH2+][C@@H](CC)c1nc2ccccc2c(=O)n1C. The number of unbranched alkanes of at least 4 members (excludes halogenated alkanes) is 3. The molecule has 2 N–H and O–H groups in total. The van der Waals surface area contributed by atoms with E-state index in [4.69, 9.17) is 4.98 Å². The molecule has 0 saturated carbocycles. The van der Waals surface area contributed by atoms with Crippen molar-refractivity contribution in [1.29, 1.82) is 0 Å². The minimum absolute atomic E-state index is 0.0541. The molecular formula is C18H28N3O+. The van der Waals surface area contributed by atoms with Gasteiger partial charge in [0.15, 0.2) is 5.82 Å². The van der Waals surface area contributed by atoms with Crippen molar-refractivity contribution in [2.24, 2.45) is 7.05 Å². The molecule has 0 aliphatic carbocycles. The molecule has 22 heavy (non-hydrogen) atoms. The van der Waals surface area contributed by atoms with Gasteiger partial charge in [-0.3, -0.25) is 9.36 Å². The fourth-order valence-corrected chi connectivity index (χ4v) is 2.91. The Morgan fingerprint density at radius 2 is 1.95 bits per heavy atom. The van der Waals surface area contributed by atoms with Crippen LogP contribution in [0.1, 0.15) is 57.8 Å². The van der Waals surface area contributed by atoms with Crippen LogP contribution in [0.25, 0.3) is 10.9 Å². The number of hydrogen-bond donors (Lipinski definition) is 1. The van der Waals surface area contributed by atoms with Crippen LogP contribution < -0.4 is 10.9 Å². The van der Waals surface area contributed by atoms with E-state index in [1.54, 1.807) is 4.57 Å². The number of fused-ring (bicyclic) bond motifs is 1. The van der Waals surface area contributed by atoms with Gasteiger partial charge in [0, 0.05) is 13.5 Å². The van der Waals surface area contributed by atoms with Crippen molar-refractivity contribution < 1.29 is 5.32 Å². The molecule has 2 rings (SSSR count). The Balaban J connectivity index is 2.20. The smallest absolute Gasteiger partial charge is 0.261 e. The molecule has 2 aromatic rings. The summed E-state index contributed by atoms with van der Waals surface area (Å²) in [5, 5.41) is 3.04. The Kier molecular flexibility index (Phi) is 6.13. The lowest BCUT2D eigenvalue weighted by Gasteiger charge is -2.17. The molecule has 120 valence electrons. The molecule has 0 amide bonds. The number of nitrogens with two attached hydrogens (primary N) is 1. The first-order valence-corrected chi connectivity index (χ1v) is 8.48. The second-order valence-electron chi connectivity index (χ2n) is 5.95. The lowest BCUT2D eigenvalue weighted by molar-refractivity contribution is -0.698. The number of hydrogen-bond acceptors (Lipinski definition) is 2. The van der Waals surface area contributed by atoms with E-state index in [9.17, 15) is 4.79 Å². The summed E-state index contributed by atoms with van der Waals surface area (Å²) in [7, 11) is 1.84. The van der Waals surface area contributed by atoms with Crippen molar-refractivity contribution in [3.05, 3.63) is 40.4 Å². The molecule has 1 aromatic heterocycles. The van der Waals surface area contributed by atoms with Gasteiger partial charge in [0.2, 0.25) is 0 Å². The van der Waals surface area contributed by atoms with Crippen molar-refractivity contribution in [2.75, 3.05) is 6.54 Å². The number of quaternary nitrogens is 1. The summed E-state index contributed by atoms with van der Waals surface area (Å²) in [6, 6.07) is 7.86.